The lowest BCUT2D eigenvalue weighted by Crippen LogP contribution is -2.31. The molecule has 0 radical (unpaired) electrons. The van der Waals surface area contributed by atoms with E-state index < -0.39 is 29.3 Å². The standard InChI is InChI=1S/C18H18F3NO3/c1-24-15-10-6-4-8-13(15)16(25-2)11-22-17(23)12-7-3-5-9-14(12)18(19,20)21/h3-10,16H,11H2,1-2H3,(H,22,23). The average molecular weight is 353 g/mol. The van der Waals surface area contributed by atoms with Gasteiger partial charge in [-0.2, -0.15) is 13.2 Å². The first-order valence-electron chi connectivity index (χ1n) is 7.48. The summed E-state index contributed by atoms with van der Waals surface area (Å²) < 4.78 is 49.6. The van der Waals surface area contributed by atoms with Crippen molar-refractivity contribution in [1.82, 2.24) is 5.32 Å². The van der Waals surface area contributed by atoms with Gasteiger partial charge in [-0.05, 0) is 18.2 Å². The van der Waals surface area contributed by atoms with Crippen LogP contribution < -0.4 is 10.1 Å². The van der Waals surface area contributed by atoms with Gasteiger partial charge in [0.15, 0.2) is 0 Å². The summed E-state index contributed by atoms with van der Waals surface area (Å²) in [4.78, 5) is 12.2. The van der Waals surface area contributed by atoms with Crippen LogP contribution in [-0.4, -0.2) is 26.7 Å². The van der Waals surface area contributed by atoms with E-state index >= 15 is 0 Å². The lowest BCUT2D eigenvalue weighted by Gasteiger charge is -2.19. The number of alkyl halides is 3. The number of para-hydroxylation sites is 1. The molecule has 0 bridgehead atoms. The zero-order chi connectivity index (χ0) is 18.4. The molecule has 0 aliphatic heterocycles. The number of hydrogen-bond donors (Lipinski definition) is 1. The van der Waals surface area contributed by atoms with Gasteiger partial charge in [0.2, 0.25) is 0 Å². The number of benzene rings is 2. The van der Waals surface area contributed by atoms with Gasteiger partial charge in [0.1, 0.15) is 11.9 Å². The van der Waals surface area contributed by atoms with Crippen molar-refractivity contribution in [2.45, 2.75) is 12.3 Å². The largest absolute Gasteiger partial charge is 0.496 e. The van der Waals surface area contributed by atoms with Crippen LogP contribution in [0.2, 0.25) is 0 Å². The van der Waals surface area contributed by atoms with E-state index in [4.69, 9.17) is 9.47 Å². The molecular weight excluding hydrogens is 335 g/mol. The normalized spacial score (nSPS) is 12.5. The van der Waals surface area contributed by atoms with Crippen molar-refractivity contribution in [3.63, 3.8) is 0 Å². The number of halogens is 3. The zero-order valence-electron chi connectivity index (χ0n) is 13.8. The molecule has 2 rings (SSSR count). The number of amides is 1. The van der Waals surface area contributed by atoms with Crippen LogP contribution in [0.5, 0.6) is 5.75 Å². The van der Waals surface area contributed by atoms with Gasteiger partial charge in [0.05, 0.1) is 18.2 Å². The Hall–Kier alpha value is -2.54. The van der Waals surface area contributed by atoms with Gasteiger partial charge in [0, 0.05) is 19.2 Å². The van der Waals surface area contributed by atoms with E-state index in [9.17, 15) is 18.0 Å². The zero-order valence-corrected chi connectivity index (χ0v) is 13.8. The molecule has 0 aromatic heterocycles. The molecule has 1 amide bonds. The molecule has 0 saturated carbocycles. The minimum Gasteiger partial charge on any atom is -0.496 e. The Morgan fingerprint density at radius 2 is 1.72 bits per heavy atom. The van der Waals surface area contributed by atoms with Crippen LogP contribution in [0.4, 0.5) is 13.2 Å². The molecule has 1 unspecified atom stereocenters. The Labute approximate surface area is 143 Å². The number of carbonyl (C=O) groups excluding carboxylic acids is 1. The van der Waals surface area contributed by atoms with Crippen LogP contribution >= 0.6 is 0 Å². The maximum absolute atomic E-state index is 13.0. The summed E-state index contributed by atoms with van der Waals surface area (Å²) >= 11 is 0. The second kappa shape index (κ2) is 8.02. The van der Waals surface area contributed by atoms with E-state index in [1.807, 2.05) is 0 Å². The average Bonchev–Trinajstić information content (AvgIpc) is 2.61. The minimum absolute atomic E-state index is 0.00188. The third-order valence-electron chi connectivity index (χ3n) is 3.70. The molecule has 0 spiro atoms. The molecule has 0 saturated heterocycles. The van der Waals surface area contributed by atoms with Crippen molar-refractivity contribution in [2.75, 3.05) is 20.8 Å². The van der Waals surface area contributed by atoms with Crippen LogP contribution in [-0.2, 0) is 10.9 Å². The summed E-state index contributed by atoms with van der Waals surface area (Å²) in [6, 6.07) is 11.7. The first kappa shape index (κ1) is 18.8. The van der Waals surface area contributed by atoms with Crippen LogP contribution in [0.15, 0.2) is 48.5 Å². The van der Waals surface area contributed by atoms with Crippen LogP contribution in [0, 0.1) is 0 Å². The molecule has 2 aromatic carbocycles. The highest BCUT2D eigenvalue weighted by atomic mass is 19.4. The molecular formula is C18H18F3NO3. The molecule has 1 atom stereocenters. The maximum Gasteiger partial charge on any atom is 0.417 e. The number of methoxy groups -OCH3 is 2. The topological polar surface area (TPSA) is 47.6 Å². The lowest BCUT2D eigenvalue weighted by atomic mass is 10.1. The highest BCUT2D eigenvalue weighted by Crippen LogP contribution is 2.32. The van der Waals surface area contributed by atoms with Crippen molar-refractivity contribution < 1.29 is 27.4 Å². The Balaban J connectivity index is 2.16. The van der Waals surface area contributed by atoms with Crippen molar-refractivity contribution in [2.24, 2.45) is 0 Å². The van der Waals surface area contributed by atoms with Crippen molar-refractivity contribution in [3.05, 3.63) is 65.2 Å². The molecule has 0 fully saturated rings. The Bertz CT molecular complexity index is 732. The summed E-state index contributed by atoms with van der Waals surface area (Å²) in [5.74, 6) is -0.246. The molecule has 4 nitrogen and oxygen atoms in total. The molecule has 134 valence electrons. The smallest absolute Gasteiger partial charge is 0.417 e. The van der Waals surface area contributed by atoms with E-state index in [1.54, 1.807) is 24.3 Å². The molecule has 25 heavy (non-hydrogen) atoms. The summed E-state index contributed by atoms with van der Waals surface area (Å²) in [5, 5.41) is 2.49. The van der Waals surface area contributed by atoms with Crippen LogP contribution in [0.25, 0.3) is 0 Å². The fourth-order valence-corrected chi connectivity index (χ4v) is 2.46. The molecule has 7 heteroatoms. The third-order valence-corrected chi connectivity index (χ3v) is 3.70. The van der Waals surface area contributed by atoms with Gasteiger partial charge in [-0.15, -0.1) is 0 Å². The Kier molecular flexibility index (Phi) is 6.03. The third kappa shape index (κ3) is 4.51. The van der Waals surface area contributed by atoms with Gasteiger partial charge in [-0.25, -0.2) is 0 Å². The molecule has 0 heterocycles. The summed E-state index contributed by atoms with van der Waals surface area (Å²) in [6.07, 6.45) is -5.16. The number of ether oxygens (including phenoxy) is 2. The van der Waals surface area contributed by atoms with E-state index in [0.29, 0.717) is 11.3 Å². The molecule has 2 aromatic rings. The number of nitrogens with one attached hydrogen (secondary N) is 1. The molecule has 0 aliphatic carbocycles. The molecule has 0 aliphatic rings. The highest BCUT2D eigenvalue weighted by Gasteiger charge is 2.34. The van der Waals surface area contributed by atoms with Gasteiger partial charge in [-0.1, -0.05) is 30.3 Å². The predicted octanol–water partition coefficient (Wildman–Crippen LogP) is 3.83. The minimum atomic E-state index is -4.60. The number of rotatable bonds is 6. The van der Waals surface area contributed by atoms with Gasteiger partial charge in [0.25, 0.3) is 5.91 Å². The van der Waals surface area contributed by atoms with Crippen molar-refractivity contribution in [1.29, 1.82) is 0 Å². The van der Waals surface area contributed by atoms with Crippen molar-refractivity contribution in [3.8, 4) is 5.75 Å². The number of hydrogen-bond acceptors (Lipinski definition) is 3. The second-order valence-corrected chi connectivity index (χ2v) is 5.22. The van der Waals surface area contributed by atoms with Gasteiger partial charge in [-0.3, -0.25) is 4.79 Å². The second-order valence-electron chi connectivity index (χ2n) is 5.22. The molecule has 1 N–H and O–H groups in total. The van der Waals surface area contributed by atoms with E-state index in [2.05, 4.69) is 5.32 Å². The maximum atomic E-state index is 13.0. The monoisotopic (exact) mass is 353 g/mol. The fourth-order valence-electron chi connectivity index (χ4n) is 2.46. The Morgan fingerprint density at radius 1 is 1.08 bits per heavy atom. The fraction of sp³-hybridized carbons (Fsp3) is 0.278. The number of carbonyl (C=O) groups is 1. The summed E-state index contributed by atoms with van der Waals surface area (Å²) in [5.41, 5.74) is -0.708. The lowest BCUT2D eigenvalue weighted by molar-refractivity contribution is -0.137. The Morgan fingerprint density at radius 3 is 2.36 bits per heavy atom. The van der Waals surface area contributed by atoms with Gasteiger partial charge < -0.3 is 14.8 Å². The van der Waals surface area contributed by atoms with E-state index in [-0.39, 0.29) is 6.54 Å². The predicted molar refractivity (Wildman–Crippen MR) is 86.5 cm³/mol. The van der Waals surface area contributed by atoms with E-state index in [1.165, 1.54) is 26.4 Å². The van der Waals surface area contributed by atoms with E-state index in [0.717, 1.165) is 12.1 Å². The SMILES string of the molecule is COc1ccccc1C(CNC(=O)c1ccccc1C(F)(F)F)OC. The first-order chi connectivity index (χ1) is 11.9. The highest BCUT2D eigenvalue weighted by molar-refractivity contribution is 5.95. The van der Waals surface area contributed by atoms with Gasteiger partial charge >= 0.3 is 6.18 Å². The quantitative estimate of drug-likeness (QED) is 0.859. The van der Waals surface area contributed by atoms with Crippen LogP contribution in [0.1, 0.15) is 27.6 Å². The summed E-state index contributed by atoms with van der Waals surface area (Å²) in [6.45, 7) is 0.00188. The first-order valence-corrected chi connectivity index (χ1v) is 7.48. The summed E-state index contributed by atoms with van der Waals surface area (Å²) in [7, 11) is 2.95. The van der Waals surface area contributed by atoms with Crippen molar-refractivity contribution >= 4 is 5.91 Å². The van der Waals surface area contributed by atoms with Crippen LogP contribution in [0.3, 0.4) is 0 Å².